The Morgan fingerprint density at radius 2 is 1.53 bits per heavy atom. The fourth-order valence-corrected chi connectivity index (χ4v) is 3.82. The Hall–Kier alpha value is -0.570. The van der Waals surface area contributed by atoms with Crippen molar-refractivity contribution in [1.29, 1.82) is 0 Å². The maximum absolute atomic E-state index is 11.2. The van der Waals surface area contributed by atoms with Gasteiger partial charge in [-0.2, -0.15) is 0 Å². The molecule has 0 aliphatic heterocycles. The van der Waals surface area contributed by atoms with Gasteiger partial charge in [-0.1, -0.05) is 38.5 Å². The highest BCUT2D eigenvalue weighted by Crippen LogP contribution is 2.30. The minimum absolute atomic E-state index is 0.101. The second kappa shape index (κ2) is 7.88. The topological polar surface area (TPSA) is 49.3 Å². The summed E-state index contributed by atoms with van der Waals surface area (Å²) in [5.41, 5.74) is 0. The second-order valence-corrected chi connectivity index (χ2v) is 6.51. The van der Waals surface area contributed by atoms with Gasteiger partial charge in [0.2, 0.25) is 0 Å². The van der Waals surface area contributed by atoms with Crippen molar-refractivity contribution in [3.63, 3.8) is 0 Å². The Bertz CT molecular complexity index is 272. The zero-order valence-electron chi connectivity index (χ0n) is 12.1. The van der Waals surface area contributed by atoms with Crippen molar-refractivity contribution in [2.24, 2.45) is 17.8 Å². The zero-order valence-corrected chi connectivity index (χ0v) is 12.1. The van der Waals surface area contributed by atoms with Crippen molar-refractivity contribution >= 4 is 5.97 Å². The Morgan fingerprint density at radius 1 is 0.895 bits per heavy atom. The molecule has 0 amide bonds. The zero-order chi connectivity index (χ0) is 13.5. The highest BCUT2D eigenvalue weighted by atomic mass is 16.4. The predicted molar refractivity (Wildman–Crippen MR) is 77.1 cm³/mol. The number of hydrogen-bond acceptors (Lipinski definition) is 2. The summed E-state index contributed by atoms with van der Waals surface area (Å²) in [6.07, 6.45) is 12.6. The van der Waals surface area contributed by atoms with Crippen LogP contribution >= 0.6 is 0 Å². The van der Waals surface area contributed by atoms with E-state index >= 15 is 0 Å². The normalized spacial score (nSPS) is 29.9. The lowest BCUT2D eigenvalue weighted by atomic mass is 9.79. The van der Waals surface area contributed by atoms with Crippen LogP contribution in [0.25, 0.3) is 0 Å². The minimum Gasteiger partial charge on any atom is -0.481 e. The number of nitrogens with one attached hydrogen (secondary N) is 1. The van der Waals surface area contributed by atoms with Crippen molar-refractivity contribution in [1.82, 2.24) is 5.32 Å². The molecular formula is C16H29NO2. The summed E-state index contributed by atoms with van der Waals surface area (Å²) in [6, 6.07) is 0. The van der Waals surface area contributed by atoms with Crippen LogP contribution in [0.1, 0.15) is 64.2 Å². The monoisotopic (exact) mass is 267 g/mol. The number of carbonyl (C=O) groups is 1. The molecule has 0 bridgehead atoms. The van der Waals surface area contributed by atoms with Crippen molar-refractivity contribution in [2.45, 2.75) is 64.2 Å². The van der Waals surface area contributed by atoms with E-state index in [4.69, 9.17) is 0 Å². The molecule has 0 heterocycles. The van der Waals surface area contributed by atoms with E-state index in [1.807, 2.05) is 0 Å². The first-order valence-corrected chi connectivity index (χ1v) is 8.21. The molecule has 2 N–H and O–H groups in total. The van der Waals surface area contributed by atoms with Crippen LogP contribution in [0.5, 0.6) is 0 Å². The molecule has 2 aliphatic carbocycles. The Kier molecular flexibility index (Phi) is 6.15. The lowest BCUT2D eigenvalue weighted by Crippen LogP contribution is -2.36. The molecule has 0 saturated heterocycles. The van der Waals surface area contributed by atoms with E-state index < -0.39 is 5.97 Å². The maximum Gasteiger partial charge on any atom is 0.306 e. The van der Waals surface area contributed by atoms with Crippen molar-refractivity contribution < 1.29 is 9.90 Å². The third-order valence-electron chi connectivity index (χ3n) is 5.04. The van der Waals surface area contributed by atoms with Gasteiger partial charge in [-0.05, 0) is 50.6 Å². The molecule has 3 heteroatoms. The van der Waals surface area contributed by atoms with E-state index in [0.29, 0.717) is 5.92 Å². The first-order chi connectivity index (χ1) is 9.27. The van der Waals surface area contributed by atoms with E-state index in [9.17, 15) is 9.90 Å². The van der Waals surface area contributed by atoms with Crippen LogP contribution in [-0.4, -0.2) is 24.2 Å². The number of carboxylic acids is 1. The Morgan fingerprint density at radius 3 is 2.21 bits per heavy atom. The lowest BCUT2D eigenvalue weighted by Gasteiger charge is -2.29. The quantitative estimate of drug-likeness (QED) is 0.750. The van der Waals surface area contributed by atoms with E-state index in [2.05, 4.69) is 5.32 Å². The molecule has 3 nitrogen and oxygen atoms in total. The van der Waals surface area contributed by atoms with Crippen molar-refractivity contribution in [3.8, 4) is 0 Å². The highest BCUT2D eigenvalue weighted by Gasteiger charge is 2.30. The predicted octanol–water partition coefficient (Wildman–Crippen LogP) is 3.44. The van der Waals surface area contributed by atoms with Crippen molar-refractivity contribution in [3.05, 3.63) is 0 Å². The molecule has 19 heavy (non-hydrogen) atoms. The van der Waals surface area contributed by atoms with Gasteiger partial charge in [0.15, 0.2) is 0 Å². The van der Waals surface area contributed by atoms with E-state index in [-0.39, 0.29) is 5.92 Å². The SMILES string of the molecule is O=C(O)C1CCCCC1CNCC1CCCCCC1. The van der Waals surface area contributed by atoms with E-state index in [1.165, 1.54) is 44.9 Å². The standard InChI is InChI=1S/C16H29NO2/c18-16(19)15-10-6-5-9-14(15)12-17-11-13-7-3-1-2-4-8-13/h13-15,17H,1-12H2,(H,18,19). The molecule has 110 valence electrons. The van der Waals surface area contributed by atoms with Gasteiger partial charge in [0.1, 0.15) is 0 Å². The lowest BCUT2D eigenvalue weighted by molar-refractivity contribution is -0.144. The average molecular weight is 267 g/mol. The summed E-state index contributed by atoms with van der Waals surface area (Å²) in [7, 11) is 0. The van der Waals surface area contributed by atoms with Crippen LogP contribution in [0.15, 0.2) is 0 Å². The maximum atomic E-state index is 11.2. The molecule has 0 aromatic rings. The summed E-state index contributed by atoms with van der Waals surface area (Å²) in [5.74, 6) is 0.503. The number of carboxylic acid groups (broad SMARTS) is 1. The van der Waals surface area contributed by atoms with Crippen molar-refractivity contribution in [2.75, 3.05) is 13.1 Å². The third kappa shape index (κ3) is 4.79. The third-order valence-corrected chi connectivity index (χ3v) is 5.04. The smallest absolute Gasteiger partial charge is 0.306 e. The Labute approximate surface area is 117 Å². The van der Waals surface area contributed by atoms with Crippen LogP contribution in [0.4, 0.5) is 0 Å². The molecule has 2 saturated carbocycles. The summed E-state index contributed by atoms with van der Waals surface area (Å²) < 4.78 is 0. The number of rotatable bonds is 5. The van der Waals surface area contributed by atoms with Gasteiger partial charge >= 0.3 is 5.97 Å². The van der Waals surface area contributed by atoms with Gasteiger partial charge in [0.25, 0.3) is 0 Å². The molecule has 0 aromatic heterocycles. The molecule has 0 spiro atoms. The first kappa shape index (κ1) is 14.8. The number of aliphatic carboxylic acids is 1. The second-order valence-electron chi connectivity index (χ2n) is 6.51. The largest absolute Gasteiger partial charge is 0.481 e. The van der Waals surface area contributed by atoms with Crippen LogP contribution < -0.4 is 5.32 Å². The van der Waals surface area contributed by atoms with Gasteiger partial charge < -0.3 is 10.4 Å². The summed E-state index contributed by atoms with van der Waals surface area (Å²) in [6.45, 7) is 2.01. The van der Waals surface area contributed by atoms with Gasteiger partial charge in [0.05, 0.1) is 5.92 Å². The molecule has 0 radical (unpaired) electrons. The molecule has 2 fully saturated rings. The summed E-state index contributed by atoms with van der Waals surface area (Å²) >= 11 is 0. The molecule has 2 rings (SSSR count). The van der Waals surface area contributed by atoms with Gasteiger partial charge in [-0.3, -0.25) is 4.79 Å². The van der Waals surface area contributed by atoms with E-state index in [1.54, 1.807) is 0 Å². The molecule has 0 aromatic carbocycles. The molecular weight excluding hydrogens is 238 g/mol. The fourth-order valence-electron chi connectivity index (χ4n) is 3.82. The highest BCUT2D eigenvalue weighted by molar-refractivity contribution is 5.70. The van der Waals surface area contributed by atoms with E-state index in [0.717, 1.165) is 38.3 Å². The molecule has 2 atom stereocenters. The molecule has 2 aliphatic rings. The molecule has 2 unspecified atom stereocenters. The van der Waals surface area contributed by atoms with Gasteiger partial charge in [-0.15, -0.1) is 0 Å². The first-order valence-electron chi connectivity index (χ1n) is 8.21. The average Bonchev–Trinajstić information content (AvgIpc) is 2.68. The summed E-state index contributed by atoms with van der Waals surface area (Å²) in [5, 5.41) is 12.8. The fraction of sp³-hybridized carbons (Fsp3) is 0.938. The van der Waals surface area contributed by atoms with Crippen LogP contribution in [0.3, 0.4) is 0 Å². The number of hydrogen-bond donors (Lipinski definition) is 2. The minimum atomic E-state index is -0.582. The Balaban J connectivity index is 1.69. The summed E-state index contributed by atoms with van der Waals surface area (Å²) in [4.78, 5) is 11.2. The van der Waals surface area contributed by atoms with Crippen LogP contribution in [0.2, 0.25) is 0 Å². The van der Waals surface area contributed by atoms with Gasteiger partial charge in [0, 0.05) is 0 Å². The van der Waals surface area contributed by atoms with Crippen LogP contribution in [0, 0.1) is 17.8 Å². The van der Waals surface area contributed by atoms with Crippen LogP contribution in [-0.2, 0) is 4.79 Å². The van der Waals surface area contributed by atoms with Gasteiger partial charge in [-0.25, -0.2) is 0 Å².